The van der Waals surface area contributed by atoms with E-state index in [2.05, 4.69) is 35.2 Å². The maximum absolute atomic E-state index is 4.18. The van der Waals surface area contributed by atoms with E-state index in [-0.39, 0.29) is 0 Å². The Kier molecular flexibility index (Phi) is 4.51. The summed E-state index contributed by atoms with van der Waals surface area (Å²) in [6.45, 7) is 5.73. The highest BCUT2D eigenvalue weighted by molar-refractivity contribution is 5.08. The minimum absolute atomic E-state index is 0.699. The number of nitrogens with one attached hydrogen (secondary N) is 1. The third-order valence-electron chi connectivity index (χ3n) is 3.84. The topological polar surface area (TPSA) is 28.2 Å². The average molecular weight is 233 g/mol. The van der Waals surface area contributed by atoms with Crippen LogP contribution in [0, 0.1) is 5.92 Å². The van der Waals surface area contributed by atoms with E-state index in [1.54, 1.807) is 0 Å². The van der Waals surface area contributed by atoms with Gasteiger partial charge in [0.25, 0.3) is 0 Å². The molecule has 17 heavy (non-hydrogen) atoms. The van der Waals surface area contributed by atoms with Gasteiger partial charge in [-0.3, -0.25) is 9.88 Å². The lowest BCUT2D eigenvalue weighted by Crippen LogP contribution is -2.47. The molecule has 1 fully saturated rings. The van der Waals surface area contributed by atoms with Crippen LogP contribution in [0.4, 0.5) is 0 Å². The fourth-order valence-corrected chi connectivity index (χ4v) is 2.79. The van der Waals surface area contributed by atoms with E-state index in [4.69, 9.17) is 0 Å². The first-order valence-corrected chi connectivity index (χ1v) is 6.62. The molecule has 3 heteroatoms. The van der Waals surface area contributed by atoms with E-state index in [9.17, 15) is 0 Å². The van der Waals surface area contributed by atoms with Gasteiger partial charge >= 0.3 is 0 Å². The molecule has 0 spiro atoms. The zero-order valence-electron chi connectivity index (χ0n) is 10.9. The molecule has 0 amide bonds. The number of likely N-dealkylation sites (tertiary alicyclic amines) is 1. The number of aromatic nitrogens is 1. The van der Waals surface area contributed by atoms with Crippen LogP contribution in [-0.4, -0.2) is 36.1 Å². The first-order chi connectivity index (χ1) is 8.33. The fourth-order valence-electron chi connectivity index (χ4n) is 2.79. The van der Waals surface area contributed by atoms with Crippen molar-refractivity contribution in [3.8, 4) is 0 Å². The van der Waals surface area contributed by atoms with Gasteiger partial charge in [-0.15, -0.1) is 0 Å². The van der Waals surface area contributed by atoms with Gasteiger partial charge in [0.2, 0.25) is 0 Å². The Morgan fingerprint density at radius 2 is 2.41 bits per heavy atom. The van der Waals surface area contributed by atoms with E-state index < -0.39 is 0 Å². The Bertz CT molecular complexity index is 325. The summed E-state index contributed by atoms with van der Waals surface area (Å²) in [5.74, 6) is 0.783. The summed E-state index contributed by atoms with van der Waals surface area (Å²) in [5.41, 5.74) is 1.32. The SMILES string of the molecule is CCC1CN(Cc2cccnc2)CCC1NC. The zero-order chi connectivity index (χ0) is 12.1. The first kappa shape index (κ1) is 12.5. The Labute approximate surface area is 104 Å². The molecule has 1 N–H and O–H groups in total. The molecule has 1 aliphatic heterocycles. The molecule has 0 aromatic carbocycles. The van der Waals surface area contributed by atoms with Gasteiger partial charge in [-0.2, -0.15) is 0 Å². The lowest BCUT2D eigenvalue weighted by molar-refractivity contribution is 0.132. The summed E-state index contributed by atoms with van der Waals surface area (Å²) in [6, 6.07) is 4.88. The first-order valence-electron chi connectivity index (χ1n) is 6.62. The van der Waals surface area contributed by atoms with Gasteiger partial charge in [-0.1, -0.05) is 19.4 Å². The second-order valence-electron chi connectivity index (χ2n) is 4.95. The third-order valence-corrected chi connectivity index (χ3v) is 3.84. The summed E-state index contributed by atoms with van der Waals surface area (Å²) in [6.07, 6.45) is 6.33. The van der Waals surface area contributed by atoms with Crippen molar-refractivity contribution in [2.75, 3.05) is 20.1 Å². The van der Waals surface area contributed by atoms with E-state index >= 15 is 0 Å². The van der Waals surface area contributed by atoms with Crippen LogP contribution in [0.3, 0.4) is 0 Å². The molecule has 2 unspecified atom stereocenters. The molecule has 94 valence electrons. The van der Waals surface area contributed by atoms with Gasteiger partial charge in [-0.25, -0.2) is 0 Å². The Morgan fingerprint density at radius 3 is 3.06 bits per heavy atom. The zero-order valence-corrected chi connectivity index (χ0v) is 10.9. The minimum Gasteiger partial charge on any atom is -0.317 e. The number of hydrogen-bond acceptors (Lipinski definition) is 3. The third kappa shape index (κ3) is 3.27. The van der Waals surface area contributed by atoms with Crippen LogP contribution < -0.4 is 5.32 Å². The van der Waals surface area contributed by atoms with Crippen molar-refractivity contribution in [3.63, 3.8) is 0 Å². The number of rotatable bonds is 4. The standard InChI is InChI=1S/C14H23N3/c1-3-13-11-17(8-6-14(13)15-2)10-12-5-4-7-16-9-12/h4-5,7,9,13-15H,3,6,8,10-11H2,1-2H3. The van der Waals surface area contributed by atoms with Crippen molar-refractivity contribution in [3.05, 3.63) is 30.1 Å². The Hall–Kier alpha value is -0.930. The molecule has 1 saturated heterocycles. The normalized spacial score (nSPS) is 26.0. The van der Waals surface area contributed by atoms with Crippen molar-refractivity contribution in [2.45, 2.75) is 32.4 Å². The van der Waals surface area contributed by atoms with Crippen molar-refractivity contribution in [1.29, 1.82) is 0 Å². The van der Waals surface area contributed by atoms with E-state index in [0.717, 1.165) is 12.5 Å². The molecule has 0 saturated carbocycles. The minimum atomic E-state index is 0.699. The van der Waals surface area contributed by atoms with E-state index in [0.29, 0.717) is 6.04 Å². The molecular formula is C14H23N3. The maximum Gasteiger partial charge on any atom is 0.0312 e. The summed E-state index contributed by atoms with van der Waals surface area (Å²) in [5, 5.41) is 3.45. The lowest BCUT2D eigenvalue weighted by Gasteiger charge is -2.38. The second-order valence-corrected chi connectivity index (χ2v) is 4.95. The lowest BCUT2D eigenvalue weighted by atomic mass is 9.90. The van der Waals surface area contributed by atoms with Gasteiger partial charge in [-0.05, 0) is 37.6 Å². The molecule has 1 aliphatic rings. The van der Waals surface area contributed by atoms with E-state index in [1.807, 2.05) is 18.5 Å². The molecule has 0 radical (unpaired) electrons. The van der Waals surface area contributed by atoms with Crippen LogP contribution in [0.2, 0.25) is 0 Å². The highest BCUT2D eigenvalue weighted by Crippen LogP contribution is 2.21. The molecule has 2 heterocycles. The molecule has 0 aliphatic carbocycles. The molecular weight excluding hydrogens is 210 g/mol. The summed E-state index contributed by atoms with van der Waals surface area (Å²) in [7, 11) is 2.09. The van der Waals surface area contributed by atoms with Crippen LogP contribution in [0.1, 0.15) is 25.3 Å². The van der Waals surface area contributed by atoms with Crippen LogP contribution in [0.5, 0.6) is 0 Å². The van der Waals surface area contributed by atoms with Crippen LogP contribution in [0.25, 0.3) is 0 Å². The second kappa shape index (κ2) is 6.12. The van der Waals surface area contributed by atoms with Crippen molar-refractivity contribution in [1.82, 2.24) is 15.2 Å². The molecule has 2 atom stereocenters. The predicted molar refractivity (Wildman–Crippen MR) is 70.8 cm³/mol. The van der Waals surface area contributed by atoms with Crippen molar-refractivity contribution in [2.24, 2.45) is 5.92 Å². The highest BCUT2D eigenvalue weighted by atomic mass is 15.1. The molecule has 0 bridgehead atoms. The van der Waals surface area contributed by atoms with Gasteiger partial charge in [0, 0.05) is 31.5 Å². The monoisotopic (exact) mass is 233 g/mol. The molecule has 3 nitrogen and oxygen atoms in total. The molecule has 1 aromatic rings. The highest BCUT2D eigenvalue weighted by Gasteiger charge is 2.26. The number of piperidine rings is 1. The summed E-state index contributed by atoms with van der Waals surface area (Å²) < 4.78 is 0. The number of hydrogen-bond donors (Lipinski definition) is 1. The largest absolute Gasteiger partial charge is 0.317 e. The molecule has 2 rings (SSSR count). The van der Waals surface area contributed by atoms with Crippen molar-refractivity contribution >= 4 is 0 Å². The van der Waals surface area contributed by atoms with Gasteiger partial charge in [0.15, 0.2) is 0 Å². The quantitative estimate of drug-likeness (QED) is 0.861. The fraction of sp³-hybridized carbons (Fsp3) is 0.643. The van der Waals surface area contributed by atoms with Gasteiger partial charge in [0.1, 0.15) is 0 Å². The number of nitrogens with zero attached hydrogens (tertiary/aromatic N) is 2. The van der Waals surface area contributed by atoms with Gasteiger partial charge < -0.3 is 5.32 Å². The Balaban J connectivity index is 1.91. The maximum atomic E-state index is 4.18. The average Bonchev–Trinajstić information content (AvgIpc) is 2.40. The Morgan fingerprint density at radius 1 is 1.53 bits per heavy atom. The van der Waals surface area contributed by atoms with Crippen LogP contribution in [0.15, 0.2) is 24.5 Å². The van der Waals surface area contributed by atoms with Crippen LogP contribution >= 0.6 is 0 Å². The van der Waals surface area contributed by atoms with E-state index in [1.165, 1.54) is 31.5 Å². The predicted octanol–water partition coefficient (Wildman–Crippen LogP) is 1.90. The van der Waals surface area contributed by atoms with Crippen LogP contribution in [-0.2, 0) is 6.54 Å². The number of pyridine rings is 1. The smallest absolute Gasteiger partial charge is 0.0312 e. The molecule has 1 aromatic heterocycles. The summed E-state index contributed by atoms with van der Waals surface area (Å²) >= 11 is 0. The van der Waals surface area contributed by atoms with Gasteiger partial charge in [0.05, 0.1) is 0 Å². The summed E-state index contributed by atoms with van der Waals surface area (Å²) in [4.78, 5) is 6.74. The van der Waals surface area contributed by atoms with Crippen molar-refractivity contribution < 1.29 is 0 Å².